The highest BCUT2D eigenvalue weighted by atomic mass is 32.2. The fourth-order valence-corrected chi connectivity index (χ4v) is 5.17. The standard InChI is InChI=1S/C19H28N6O7S2/c1-11-8-31-9-12-10-32-15-16(19(2,3)33(6,27)28)20-17(21-18(15)24(11)12)13-7-14(26)25(22-13)34(29,30)23(4)5/h7,11-12,22H,8-10H2,1-6H3/t11-,12+/m1/s1. The third-order valence-electron chi connectivity index (χ3n) is 6.17. The molecule has 2 aromatic heterocycles. The van der Waals surface area contributed by atoms with E-state index < -0.39 is 30.4 Å². The number of sulfone groups is 1. The number of anilines is 1. The molecule has 188 valence electrons. The van der Waals surface area contributed by atoms with Gasteiger partial charge in [0.1, 0.15) is 22.7 Å². The molecule has 0 spiro atoms. The van der Waals surface area contributed by atoms with Gasteiger partial charge in [0.25, 0.3) is 5.56 Å². The fourth-order valence-electron chi connectivity index (χ4n) is 3.86. The summed E-state index contributed by atoms with van der Waals surface area (Å²) in [4.78, 5) is 23.6. The quantitative estimate of drug-likeness (QED) is 0.552. The average Bonchev–Trinajstić information content (AvgIpc) is 3.14. The highest BCUT2D eigenvalue weighted by Crippen LogP contribution is 2.44. The SMILES string of the molecule is C[C@@H]1COC[C@H]2COc3c(nc(-c4cc(=O)n(S(=O)(=O)N(C)C)[nH]4)nc3C(C)(C)S(C)(=O)=O)N21. The lowest BCUT2D eigenvalue weighted by Crippen LogP contribution is -2.56. The van der Waals surface area contributed by atoms with Crippen molar-refractivity contribution >= 4 is 25.9 Å². The number of nitrogens with zero attached hydrogens (tertiary/aromatic N) is 5. The molecule has 2 aliphatic rings. The number of H-pyrrole nitrogens is 1. The van der Waals surface area contributed by atoms with Crippen LogP contribution < -0.4 is 15.2 Å². The van der Waals surface area contributed by atoms with Crippen molar-refractivity contribution in [1.29, 1.82) is 0 Å². The number of aromatic amines is 1. The first-order valence-electron chi connectivity index (χ1n) is 10.5. The van der Waals surface area contributed by atoms with Crippen LogP contribution in [-0.4, -0.2) is 92.5 Å². The van der Waals surface area contributed by atoms with E-state index >= 15 is 0 Å². The molecule has 0 radical (unpaired) electrons. The Balaban J connectivity index is 1.99. The summed E-state index contributed by atoms with van der Waals surface area (Å²) in [6.07, 6.45) is 1.10. The molecule has 2 aromatic rings. The summed E-state index contributed by atoms with van der Waals surface area (Å²) in [5.41, 5.74) is -0.689. The van der Waals surface area contributed by atoms with Gasteiger partial charge in [0.05, 0.1) is 25.3 Å². The van der Waals surface area contributed by atoms with Gasteiger partial charge in [0, 0.05) is 26.4 Å². The summed E-state index contributed by atoms with van der Waals surface area (Å²) in [7, 11) is -5.20. The van der Waals surface area contributed by atoms with Crippen molar-refractivity contribution < 1.29 is 26.3 Å². The molecule has 1 N–H and O–H groups in total. The van der Waals surface area contributed by atoms with Gasteiger partial charge in [-0.2, -0.15) is 12.7 Å². The van der Waals surface area contributed by atoms with Crippen LogP contribution in [0.3, 0.4) is 0 Å². The molecule has 0 saturated carbocycles. The number of nitrogens with one attached hydrogen (secondary N) is 1. The topological polar surface area (TPSA) is 157 Å². The Bertz CT molecular complexity index is 1390. The summed E-state index contributed by atoms with van der Waals surface area (Å²) in [6, 6.07) is 0.825. The van der Waals surface area contributed by atoms with E-state index in [0.717, 1.165) is 16.6 Å². The van der Waals surface area contributed by atoms with E-state index in [9.17, 15) is 21.6 Å². The van der Waals surface area contributed by atoms with E-state index in [-0.39, 0.29) is 41.7 Å². The number of fused-ring (bicyclic) bond motifs is 3. The first-order valence-corrected chi connectivity index (χ1v) is 13.8. The lowest BCUT2D eigenvalue weighted by molar-refractivity contribution is 0.0482. The van der Waals surface area contributed by atoms with Gasteiger partial charge < -0.3 is 14.4 Å². The van der Waals surface area contributed by atoms with Gasteiger partial charge in [-0.15, -0.1) is 4.09 Å². The first-order chi connectivity index (χ1) is 15.7. The highest BCUT2D eigenvalue weighted by molar-refractivity contribution is 7.91. The molecule has 15 heteroatoms. The van der Waals surface area contributed by atoms with Gasteiger partial charge in [-0.3, -0.25) is 9.89 Å². The first kappa shape index (κ1) is 24.6. The largest absolute Gasteiger partial charge is 0.486 e. The lowest BCUT2D eigenvalue weighted by atomic mass is 10.0. The monoisotopic (exact) mass is 516 g/mol. The van der Waals surface area contributed by atoms with E-state index in [1.165, 1.54) is 27.9 Å². The minimum atomic E-state index is -4.12. The third-order valence-corrected chi connectivity index (χ3v) is 9.87. The maximum atomic E-state index is 12.7. The van der Waals surface area contributed by atoms with Crippen molar-refractivity contribution in [2.75, 3.05) is 45.1 Å². The summed E-state index contributed by atoms with van der Waals surface area (Å²) in [5.74, 6) is 0.581. The number of rotatable bonds is 5. The molecule has 2 aliphatic heterocycles. The van der Waals surface area contributed by atoms with Crippen molar-refractivity contribution in [2.45, 2.75) is 37.6 Å². The third kappa shape index (κ3) is 3.79. The highest BCUT2D eigenvalue weighted by Gasteiger charge is 2.44. The predicted molar refractivity (Wildman–Crippen MR) is 124 cm³/mol. The van der Waals surface area contributed by atoms with Crippen molar-refractivity contribution in [3.05, 3.63) is 22.1 Å². The summed E-state index contributed by atoms with van der Waals surface area (Å²) < 4.78 is 61.9. The van der Waals surface area contributed by atoms with Gasteiger partial charge in [0.15, 0.2) is 27.2 Å². The van der Waals surface area contributed by atoms with E-state index in [0.29, 0.717) is 23.1 Å². The van der Waals surface area contributed by atoms with Crippen LogP contribution in [0.15, 0.2) is 10.9 Å². The second kappa shape index (κ2) is 8.03. The fraction of sp³-hybridized carbons (Fsp3) is 0.632. The second-order valence-corrected chi connectivity index (χ2v) is 13.7. The predicted octanol–water partition coefficient (Wildman–Crippen LogP) is -0.446. The summed E-state index contributed by atoms with van der Waals surface area (Å²) in [6.45, 7) is 6.08. The molecule has 0 bridgehead atoms. The number of morpholine rings is 1. The number of hydrogen-bond acceptors (Lipinski definition) is 10. The van der Waals surface area contributed by atoms with E-state index in [1.807, 2.05) is 11.8 Å². The summed E-state index contributed by atoms with van der Waals surface area (Å²) >= 11 is 0. The van der Waals surface area contributed by atoms with Gasteiger partial charge in [-0.05, 0) is 20.8 Å². The maximum absolute atomic E-state index is 12.7. The average molecular weight is 517 g/mol. The van der Waals surface area contributed by atoms with Crippen LogP contribution in [-0.2, 0) is 29.5 Å². The Morgan fingerprint density at radius 1 is 1.15 bits per heavy atom. The Morgan fingerprint density at radius 3 is 2.44 bits per heavy atom. The van der Waals surface area contributed by atoms with Crippen LogP contribution in [0.5, 0.6) is 5.75 Å². The zero-order valence-electron chi connectivity index (χ0n) is 19.8. The van der Waals surface area contributed by atoms with Crippen molar-refractivity contribution in [2.24, 2.45) is 0 Å². The molecule has 0 amide bonds. The lowest BCUT2D eigenvalue weighted by Gasteiger charge is -2.45. The molecular formula is C19H28N6O7S2. The Morgan fingerprint density at radius 2 is 1.82 bits per heavy atom. The van der Waals surface area contributed by atoms with E-state index in [4.69, 9.17) is 9.47 Å². The normalized spacial score (nSPS) is 21.2. The number of ether oxygens (including phenoxy) is 2. The zero-order valence-corrected chi connectivity index (χ0v) is 21.4. The zero-order chi connectivity index (χ0) is 25.2. The van der Waals surface area contributed by atoms with Crippen LogP contribution in [0.4, 0.5) is 5.82 Å². The van der Waals surface area contributed by atoms with Crippen LogP contribution in [0.2, 0.25) is 0 Å². The molecule has 1 fully saturated rings. The number of aromatic nitrogens is 4. The second-order valence-electron chi connectivity index (χ2n) is 9.15. The van der Waals surface area contributed by atoms with Crippen molar-refractivity contribution in [3.8, 4) is 17.3 Å². The van der Waals surface area contributed by atoms with Crippen molar-refractivity contribution in [3.63, 3.8) is 0 Å². The van der Waals surface area contributed by atoms with Crippen molar-refractivity contribution in [1.82, 2.24) is 23.5 Å². The van der Waals surface area contributed by atoms with Crippen LogP contribution in [0.25, 0.3) is 11.5 Å². The minimum absolute atomic E-state index is 0.0202. The maximum Gasteiger partial charge on any atom is 0.324 e. The Labute approximate surface area is 197 Å². The smallest absolute Gasteiger partial charge is 0.324 e. The van der Waals surface area contributed by atoms with Gasteiger partial charge in [-0.1, -0.05) is 0 Å². The van der Waals surface area contributed by atoms with Gasteiger partial charge >= 0.3 is 10.2 Å². The Kier molecular flexibility index (Phi) is 5.82. The van der Waals surface area contributed by atoms with Crippen LogP contribution in [0.1, 0.15) is 26.5 Å². The molecule has 4 heterocycles. The molecule has 1 saturated heterocycles. The Hall–Kier alpha value is -2.49. The molecule has 4 rings (SSSR count). The number of hydrogen-bond donors (Lipinski definition) is 1. The van der Waals surface area contributed by atoms with Gasteiger partial charge in [0.2, 0.25) is 0 Å². The molecule has 0 aliphatic carbocycles. The molecule has 0 aromatic carbocycles. The van der Waals surface area contributed by atoms with Crippen LogP contribution >= 0.6 is 0 Å². The summed E-state index contributed by atoms with van der Waals surface area (Å²) in [5, 5.41) is 2.54. The molecular weight excluding hydrogens is 488 g/mol. The van der Waals surface area contributed by atoms with E-state index in [1.54, 1.807) is 0 Å². The molecule has 34 heavy (non-hydrogen) atoms. The van der Waals surface area contributed by atoms with Crippen LogP contribution in [0, 0.1) is 0 Å². The minimum Gasteiger partial charge on any atom is -0.486 e. The van der Waals surface area contributed by atoms with E-state index in [2.05, 4.69) is 15.1 Å². The van der Waals surface area contributed by atoms with Gasteiger partial charge in [-0.25, -0.2) is 18.4 Å². The molecule has 0 unspecified atom stereocenters. The molecule has 2 atom stereocenters. The molecule has 13 nitrogen and oxygen atoms in total.